The van der Waals surface area contributed by atoms with E-state index in [0.717, 1.165) is 22.5 Å². The van der Waals surface area contributed by atoms with E-state index in [4.69, 9.17) is 0 Å². The minimum absolute atomic E-state index is 0.361. The molecular weight excluding hydrogens is 299 g/mol. The summed E-state index contributed by atoms with van der Waals surface area (Å²) >= 11 is 0. The molecule has 0 aliphatic heterocycles. The van der Waals surface area contributed by atoms with E-state index in [0.29, 0.717) is 5.71 Å². The first-order chi connectivity index (χ1) is 10.4. The minimum atomic E-state index is -4.53. The highest BCUT2D eigenvalue weighted by molar-refractivity contribution is 5.98. The Morgan fingerprint density at radius 1 is 1.41 bits per heavy atom. The molecule has 9 heteroatoms. The van der Waals surface area contributed by atoms with Crippen molar-refractivity contribution in [1.29, 1.82) is 0 Å². The highest BCUT2D eigenvalue weighted by atomic mass is 19.4. The van der Waals surface area contributed by atoms with Crippen LogP contribution < -0.4 is 5.43 Å². The number of pyridine rings is 1. The molecule has 0 aromatic carbocycles. The van der Waals surface area contributed by atoms with E-state index < -0.39 is 17.8 Å². The van der Waals surface area contributed by atoms with E-state index in [-0.39, 0.29) is 6.54 Å². The lowest BCUT2D eigenvalue weighted by Gasteiger charge is -2.04. The molecule has 2 aromatic heterocycles. The molecule has 116 valence electrons. The van der Waals surface area contributed by atoms with Crippen LogP contribution in [0.4, 0.5) is 13.2 Å². The Bertz CT molecular complexity index is 678. The summed E-state index contributed by atoms with van der Waals surface area (Å²) in [5.74, 6) is -0.583. The van der Waals surface area contributed by atoms with Crippen LogP contribution in [-0.4, -0.2) is 26.4 Å². The minimum Gasteiger partial charge on any atom is -0.271 e. The van der Waals surface area contributed by atoms with Crippen molar-refractivity contribution in [3.8, 4) is 0 Å². The quantitative estimate of drug-likeness (QED) is 0.692. The molecule has 0 saturated heterocycles. The summed E-state index contributed by atoms with van der Waals surface area (Å²) < 4.78 is 38.0. The Morgan fingerprint density at radius 2 is 2.18 bits per heavy atom. The number of hydrogen-bond donors (Lipinski definition) is 1. The number of nitrogens with one attached hydrogen (secondary N) is 1. The van der Waals surface area contributed by atoms with E-state index in [1.807, 2.05) is 0 Å². The second-order valence-corrected chi connectivity index (χ2v) is 4.37. The SMILES string of the molecule is C/C(=N/NC(=O)Cn1ccc(C(F)(F)F)n1)c1cccnc1. The van der Waals surface area contributed by atoms with Crippen molar-refractivity contribution in [3.05, 3.63) is 48.0 Å². The molecule has 1 amide bonds. The second-order valence-electron chi connectivity index (χ2n) is 4.37. The first kappa shape index (κ1) is 15.7. The third kappa shape index (κ3) is 4.14. The number of alkyl halides is 3. The van der Waals surface area contributed by atoms with Crippen molar-refractivity contribution in [3.63, 3.8) is 0 Å². The van der Waals surface area contributed by atoms with Gasteiger partial charge in [0.2, 0.25) is 0 Å². The fourth-order valence-corrected chi connectivity index (χ4v) is 1.57. The number of carbonyl (C=O) groups is 1. The van der Waals surface area contributed by atoms with Crippen LogP contribution in [0.25, 0.3) is 0 Å². The largest absolute Gasteiger partial charge is 0.435 e. The molecule has 6 nitrogen and oxygen atoms in total. The lowest BCUT2D eigenvalue weighted by atomic mass is 10.2. The molecule has 0 aliphatic rings. The Hall–Kier alpha value is -2.71. The maximum Gasteiger partial charge on any atom is 0.435 e. The monoisotopic (exact) mass is 311 g/mol. The van der Waals surface area contributed by atoms with E-state index in [1.54, 1.807) is 31.5 Å². The van der Waals surface area contributed by atoms with Crippen LogP contribution >= 0.6 is 0 Å². The molecule has 0 saturated carbocycles. The van der Waals surface area contributed by atoms with E-state index in [1.165, 1.54) is 0 Å². The van der Waals surface area contributed by atoms with E-state index >= 15 is 0 Å². The van der Waals surface area contributed by atoms with Gasteiger partial charge in [-0.1, -0.05) is 6.07 Å². The lowest BCUT2D eigenvalue weighted by molar-refractivity contribution is -0.141. The van der Waals surface area contributed by atoms with Gasteiger partial charge >= 0.3 is 6.18 Å². The van der Waals surface area contributed by atoms with Gasteiger partial charge in [0.15, 0.2) is 5.69 Å². The van der Waals surface area contributed by atoms with Gasteiger partial charge in [-0.25, -0.2) is 5.43 Å². The predicted octanol–water partition coefficient (Wildman–Crippen LogP) is 1.84. The van der Waals surface area contributed by atoms with Gasteiger partial charge in [-0.2, -0.15) is 23.4 Å². The summed E-state index contributed by atoms with van der Waals surface area (Å²) in [4.78, 5) is 15.5. The molecule has 0 aliphatic carbocycles. The van der Waals surface area contributed by atoms with Gasteiger partial charge in [0.1, 0.15) is 6.54 Å². The number of hydrogen-bond acceptors (Lipinski definition) is 4. The molecule has 1 N–H and O–H groups in total. The highest BCUT2D eigenvalue weighted by Crippen LogP contribution is 2.27. The number of nitrogens with zero attached hydrogens (tertiary/aromatic N) is 4. The first-order valence-electron chi connectivity index (χ1n) is 6.20. The number of rotatable bonds is 4. The van der Waals surface area contributed by atoms with Crippen molar-refractivity contribution in [2.45, 2.75) is 19.6 Å². The molecular formula is C13H12F3N5O. The average Bonchev–Trinajstić information content (AvgIpc) is 2.94. The van der Waals surface area contributed by atoms with Crippen molar-refractivity contribution in [1.82, 2.24) is 20.2 Å². The topological polar surface area (TPSA) is 72.2 Å². The smallest absolute Gasteiger partial charge is 0.271 e. The highest BCUT2D eigenvalue weighted by Gasteiger charge is 2.33. The van der Waals surface area contributed by atoms with Crippen LogP contribution in [0, 0.1) is 0 Å². The van der Waals surface area contributed by atoms with Crippen molar-refractivity contribution < 1.29 is 18.0 Å². The van der Waals surface area contributed by atoms with Gasteiger partial charge in [0.25, 0.3) is 5.91 Å². The molecule has 0 atom stereocenters. The molecule has 0 unspecified atom stereocenters. The zero-order valence-corrected chi connectivity index (χ0v) is 11.5. The van der Waals surface area contributed by atoms with Gasteiger partial charge in [-0.05, 0) is 19.1 Å². The number of amides is 1. The van der Waals surface area contributed by atoms with Crippen LogP contribution in [-0.2, 0) is 17.5 Å². The number of carbonyl (C=O) groups excluding carboxylic acids is 1. The van der Waals surface area contributed by atoms with Gasteiger partial charge < -0.3 is 0 Å². The normalized spacial score (nSPS) is 12.3. The Labute approximate surface area is 123 Å². The molecule has 0 fully saturated rings. The fraction of sp³-hybridized carbons (Fsp3) is 0.231. The predicted molar refractivity (Wildman–Crippen MR) is 71.8 cm³/mol. The molecule has 0 bridgehead atoms. The van der Waals surface area contributed by atoms with Gasteiger partial charge in [-0.15, -0.1) is 0 Å². The van der Waals surface area contributed by atoms with Crippen molar-refractivity contribution >= 4 is 11.6 Å². The number of halogens is 3. The lowest BCUT2D eigenvalue weighted by Crippen LogP contribution is -2.24. The van der Waals surface area contributed by atoms with Crippen LogP contribution in [0.15, 0.2) is 41.9 Å². The third-order valence-electron chi connectivity index (χ3n) is 2.66. The molecule has 2 rings (SSSR count). The van der Waals surface area contributed by atoms with Crippen LogP contribution in [0.3, 0.4) is 0 Å². The van der Waals surface area contributed by atoms with E-state index in [2.05, 4.69) is 20.6 Å². The van der Waals surface area contributed by atoms with Gasteiger partial charge in [0, 0.05) is 24.2 Å². The summed E-state index contributed by atoms with van der Waals surface area (Å²) in [7, 11) is 0. The fourth-order valence-electron chi connectivity index (χ4n) is 1.57. The maximum absolute atomic E-state index is 12.4. The van der Waals surface area contributed by atoms with E-state index in [9.17, 15) is 18.0 Å². The van der Waals surface area contributed by atoms with Crippen LogP contribution in [0.5, 0.6) is 0 Å². The summed E-state index contributed by atoms with van der Waals surface area (Å²) in [5, 5.41) is 7.14. The Balaban J connectivity index is 1.95. The Morgan fingerprint density at radius 3 is 2.77 bits per heavy atom. The first-order valence-corrected chi connectivity index (χ1v) is 6.20. The molecule has 0 spiro atoms. The van der Waals surface area contributed by atoms with Crippen LogP contribution in [0.2, 0.25) is 0 Å². The zero-order chi connectivity index (χ0) is 16.2. The van der Waals surface area contributed by atoms with Gasteiger partial charge in [0.05, 0.1) is 5.71 Å². The molecule has 22 heavy (non-hydrogen) atoms. The second kappa shape index (κ2) is 6.37. The van der Waals surface area contributed by atoms with Crippen molar-refractivity contribution in [2.75, 3.05) is 0 Å². The number of aromatic nitrogens is 3. The standard InChI is InChI=1S/C13H12F3N5O/c1-9(10-3-2-5-17-7-10)18-19-12(22)8-21-6-4-11(20-21)13(14,15)16/h2-7H,8H2,1H3,(H,19,22)/b18-9-. The Kier molecular flexibility index (Phi) is 4.54. The zero-order valence-electron chi connectivity index (χ0n) is 11.5. The maximum atomic E-state index is 12.4. The molecule has 2 heterocycles. The summed E-state index contributed by atoms with van der Waals surface area (Å²) in [5.41, 5.74) is 2.46. The molecule has 0 radical (unpaired) electrons. The summed E-state index contributed by atoms with van der Waals surface area (Å²) in [6, 6.07) is 4.29. The third-order valence-corrected chi connectivity index (χ3v) is 2.66. The van der Waals surface area contributed by atoms with Gasteiger partial charge in [-0.3, -0.25) is 14.5 Å². The average molecular weight is 311 g/mol. The molecule has 2 aromatic rings. The summed E-state index contributed by atoms with van der Waals surface area (Å²) in [6.45, 7) is 1.31. The van der Waals surface area contributed by atoms with Crippen molar-refractivity contribution in [2.24, 2.45) is 5.10 Å². The number of hydrazone groups is 1. The van der Waals surface area contributed by atoms with Crippen LogP contribution in [0.1, 0.15) is 18.2 Å². The summed E-state index contributed by atoms with van der Waals surface area (Å²) in [6.07, 6.45) is -0.268.